The Morgan fingerprint density at radius 2 is 2.15 bits per heavy atom. The van der Waals surface area contributed by atoms with Gasteiger partial charge in [-0.2, -0.15) is 5.10 Å². The zero-order valence-corrected chi connectivity index (χ0v) is 11.6. The molecule has 6 nitrogen and oxygen atoms in total. The fourth-order valence-electron chi connectivity index (χ4n) is 2.81. The molecule has 1 aliphatic rings. The van der Waals surface area contributed by atoms with Crippen molar-refractivity contribution in [2.24, 2.45) is 0 Å². The second kappa shape index (κ2) is 4.70. The average molecular weight is 272 g/mol. The molecular formula is C14H16N4O2. The van der Waals surface area contributed by atoms with Crippen LogP contribution in [0.3, 0.4) is 0 Å². The van der Waals surface area contributed by atoms with Gasteiger partial charge in [0.05, 0.1) is 12.1 Å². The van der Waals surface area contributed by atoms with E-state index in [1.165, 1.54) is 0 Å². The first kappa shape index (κ1) is 12.8. The molecule has 104 valence electrons. The molecule has 0 spiro atoms. The molecule has 20 heavy (non-hydrogen) atoms. The normalized spacial score (nSPS) is 13.5. The molecule has 0 amide bonds. The summed E-state index contributed by atoms with van der Waals surface area (Å²) in [5.41, 5.74) is 4.58. The average Bonchev–Trinajstić information content (AvgIpc) is 2.98. The Morgan fingerprint density at radius 3 is 2.90 bits per heavy atom. The minimum Gasteiger partial charge on any atom is -0.481 e. The van der Waals surface area contributed by atoms with Gasteiger partial charge in [-0.25, -0.2) is 14.6 Å². The van der Waals surface area contributed by atoms with E-state index < -0.39 is 5.97 Å². The van der Waals surface area contributed by atoms with E-state index >= 15 is 0 Å². The largest absolute Gasteiger partial charge is 0.481 e. The van der Waals surface area contributed by atoms with Crippen molar-refractivity contribution in [1.29, 1.82) is 0 Å². The fraction of sp³-hybridized carbons (Fsp3) is 0.429. The lowest BCUT2D eigenvalue weighted by atomic mass is 10.1. The first-order valence-corrected chi connectivity index (χ1v) is 6.68. The smallest absolute Gasteiger partial charge is 0.307 e. The van der Waals surface area contributed by atoms with Gasteiger partial charge in [-0.1, -0.05) is 0 Å². The van der Waals surface area contributed by atoms with Crippen LogP contribution < -0.4 is 0 Å². The van der Waals surface area contributed by atoms with Crippen molar-refractivity contribution in [3.05, 3.63) is 34.5 Å². The van der Waals surface area contributed by atoms with Gasteiger partial charge in [0.25, 0.3) is 0 Å². The Kier molecular flexibility index (Phi) is 3.00. The predicted octanol–water partition coefficient (Wildman–Crippen LogP) is 1.39. The third-order valence-corrected chi connectivity index (χ3v) is 3.82. The molecule has 0 aliphatic heterocycles. The van der Waals surface area contributed by atoms with Crippen LogP contribution in [0, 0.1) is 13.8 Å². The number of aliphatic carboxylic acids is 1. The molecule has 2 heterocycles. The topological polar surface area (TPSA) is 80.9 Å². The van der Waals surface area contributed by atoms with E-state index in [4.69, 9.17) is 5.11 Å². The van der Waals surface area contributed by atoms with Crippen LogP contribution in [0.4, 0.5) is 0 Å². The Labute approximate surface area is 116 Å². The van der Waals surface area contributed by atoms with Crippen LogP contribution in [0.15, 0.2) is 6.33 Å². The summed E-state index contributed by atoms with van der Waals surface area (Å²) >= 11 is 0. The summed E-state index contributed by atoms with van der Waals surface area (Å²) in [6, 6.07) is 0. The van der Waals surface area contributed by atoms with Crippen LogP contribution in [0.1, 0.15) is 34.6 Å². The van der Waals surface area contributed by atoms with Crippen LogP contribution >= 0.6 is 0 Å². The molecule has 2 aromatic rings. The SMILES string of the molecule is Cc1nn(-c2ncnc3c2CCC3)c(C)c1CC(=O)O. The molecule has 1 aliphatic carbocycles. The third kappa shape index (κ3) is 1.97. The molecule has 3 rings (SSSR count). The van der Waals surface area contributed by atoms with Gasteiger partial charge in [0.2, 0.25) is 0 Å². The number of carboxylic acids is 1. The summed E-state index contributed by atoms with van der Waals surface area (Å²) in [7, 11) is 0. The lowest BCUT2D eigenvalue weighted by Crippen LogP contribution is -2.08. The summed E-state index contributed by atoms with van der Waals surface area (Å²) in [6.45, 7) is 3.73. The molecule has 0 radical (unpaired) electrons. The number of nitrogens with zero attached hydrogens (tertiary/aromatic N) is 4. The van der Waals surface area contributed by atoms with Crippen molar-refractivity contribution < 1.29 is 9.90 Å². The van der Waals surface area contributed by atoms with Crippen molar-refractivity contribution in [1.82, 2.24) is 19.7 Å². The van der Waals surface area contributed by atoms with E-state index in [0.717, 1.165) is 53.3 Å². The Bertz CT molecular complexity index is 691. The standard InChI is InChI=1S/C14H16N4O2/c1-8-11(6-13(19)20)9(2)18(17-8)14-10-4-3-5-12(10)15-7-16-14/h7H,3-6H2,1-2H3,(H,19,20). The maximum Gasteiger partial charge on any atom is 0.307 e. The number of hydrogen-bond donors (Lipinski definition) is 1. The number of hydrogen-bond acceptors (Lipinski definition) is 4. The third-order valence-electron chi connectivity index (χ3n) is 3.82. The molecule has 0 atom stereocenters. The Morgan fingerprint density at radius 1 is 1.35 bits per heavy atom. The van der Waals surface area contributed by atoms with Gasteiger partial charge < -0.3 is 5.11 Å². The highest BCUT2D eigenvalue weighted by molar-refractivity contribution is 5.71. The molecule has 0 saturated heterocycles. The minimum atomic E-state index is -0.844. The Hall–Kier alpha value is -2.24. The van der Waals surface area contributed by atoms with Crippen molar-refractivity contribution in [3.63, 3.8) is 0 Å². The number of fused-ring (bicyclic) bond motifs is 1. The van der Waals surface area contributed by atoms with Crippen LogP contribution in [0.25, 0.3) is 5.82 Å². The van der Waals surface area contributed by atoms with Crippen molar-refractivity contribution in [2.45, 2.75) is 39.5 Å². The van der Waals surface area contributed by atoms with Crippen LogP contribution in [0.5, 0.6) is 0 Å². The van der Waals surface area contributed by atoms with Crippen molar-refractivity contribution >= 4 is 5.97 Å². The monoisotopic (exact) mass is 272 g/mol. The lowest BCUT2D eigenvalue weighted by Gasteiger charge is -2.08. The molecule has 0 unspecified atom stereocenters. The predicted molar refractivity (Wildman–Crippen MR) is 72.0 cm³/mol. The van der Waals surface area contributed by atoms with Crippen LogP contribution in [-0.2, 0) is 24.1 Å². The molecule has 0 aromatic carbocycles. The van der Waals surface area contributed by atoms with Gasteiger partial charge in [0, 0.05) is 22.5 Å². The summed E-state index contributed by atoms with van der Waals surface area (Å²) in [5, 5.41) is 13.5. The van der Waals surface area contributed by atoms with Crippen molar-refractivity contribution in [2.75, 3.05) is 0 Å². The summed E-state index contributed by atoms with van der Waals surface area (Å²) in [4.78, 5) is 19.6. The highest BCUT2D eigenvalue weighted by Gasteiger charge is 2.22. The second-order valence-corrected chi connectivity index (χ2v) is 5.11. The molecule has 0 saturated carbocycles. The highest BCUT2D eigenvalue weighted by atomic mass is 16.4. The molecule has 0 fully saturated rings. The molecule has 1 N–H and O–H groups in total. The molecule has 2 aromatic heterocycles. The van der Waals surface area contributed by atoms with Gasteiger partial charge in [0.1, 0.15) is 6.33 Å². The van der Waals surface area contributed by atoms with E-state index in [1.54, 1.807) is 11.0 Å². The number of rotatable bonds is 3. The zero-order valence-electron chi connectivity index (χ0n) is 11.6. The molecule has 0 bridgehead atoms. The van der Waals surface area contributed by atoms with E-state index in [1.807, 2.05) is 13.8 Å². The number of carboxylic acid groups (broad SMARTS) is 1. The summed E-state index contributed by atoms with van der Waals surface area (Å²) in [6.07, 6.45) is 4.57. The van der Waals surface area contributed by atoms with Crippen LogP contribution in [-0.4, -0.2) is 30.8 Å². The fourth-order valence-corrected chi connectivity index (χ4v) is 2.81. The highest BCUT2D eigenvalue weighted by Crippen LogP contribution is 2.26. The van der Waals surface area contributed by atoms with E-state index in [0.29, 0.717) is 0 Å². The second-order valence-electron chi connectivity index (χ2n) is 5.11. The lowest BCUT2D eigenvalue weighted by molar-refractivity contribution is -0.136. The summed E-state index contributed by atoms with van der Waals surface area (Å²) in [5.74, 6) is -0.0478. The van der Waals surface area contributed by atoms with Crippen molar-refractivity contribution in [3.8, 4) is 5.82 Å². The van der Waals surface area contributed by atoms with Gasteiger partial charge in [-0.15, -0.1) is 0 Å². The van der Waals surface area contributed by atoms with Gasteiger partial charge in [0.15, 0.2) is 5.82 Å². The number of aromatic nitrogens is 4. The first-order chi connectivity index (χ1) is 9.58. The molecule has 6 heteroatoms. The molecular weight excluding hydrogens is 256 g/mol. The van der Waals surface area contributed by atoms with E-state index in [-0.39, 0.29) is 6.42 Å². The first-order valence-electron chi connectivity index (χ1n) is 6.68. The van der Waals surface area contributed by atoms with Gasteiger partial charge in [-0.05, 0) is 33.1 Å². The zero-order chi connectivity index (χ0) is 14.3. The minimum absolute atomic E-state index is 0.00899. The maximum absolute atomic E-state index is 10.9. The van der Waals surface area contributed by atoms with Gasteiger partial charge in [-0.3, -0.25) is 4.79 Å². The van der Waals surface area contributed by atoms with Crippen LogP contribution in [0.2, 0.25) is 0 Å². The van der Waals surface area contributed by atoms with E-state index in [2.05, 4.69) is 15.1 Å². The number of carbonyl (C=O) groups is 1. The van der Waals surface area contributed by atoms with Gasteiger partial charge >= 0.3 is 5.97 Å². The quantitative estimate of drug-likeness (QED) is 0.913. The van der Waals surface area contributed by atoms with E-state index in [9.17, 15) is 4.79 Å². The maximum atomic E-state index is 10.9. The number of aryl methyl sites for hydroxylation is 2. The Balaban J connectivity index is 2.12. The summed E-state index contributed by atoms with van der Waals surface area (Å²) < 4.78 is 1.76.